The zero-order chi connectivity index (χ0) is 19.6. The van der Waals surface area contributed by atoms with Gasteiger partial charge in [0.15, 0.2) is 11.7 Å². The van der Waals surface area contributed by atoms with Gasteiger partial charge in [-0.2, -0.15) is 0 Å². The molecule has 0 saturated heterocycles. The lowest BCUT2D eigenvalue weighted by Gasteiger charge is -2.10. The van der Waals surface area contributed by atoms with Crippen LogP contribution in [0.4, 0.5) is 0 Å². The lowest BCUT2D eigenvalue weighted by Crippen LogP contribution is -2.36. The third-order valence-electron chi connectivity index (χ3n) is 4.41. The van der Waals surface area contributed by atoms with E-state index in [-0.39, 0.29) is 0 Å². The van der Waals surface area contributed by atoms with Gasteiger partial charge in [-0.15, -0.1) is 0 Å². The number of aliphatic imine (C=N–C) groups is 1. The van der Waals surface area contributed by atoms with Crippen molar-refractivity contribution < 1.29 is 9.32 Å². The molecular formula is C20H29N5O2. The molecule has 1 aromatic heterocycles. The Kier molecular flexibility index (Phi) is 7.85. The molecule has 2 rings (SSSR count). The van der Waals surface area contributed by atoms with E-state index in [4.69, 9.17) is 10.3 Å². The van der Waals surface area contributed by atoms with Crippen molar-refractivity contribution in [2.45, 2.75) is 52.6 Å². The number of carbonyl (C=O) groups excluding carboxylic acids is 1. The van der Waals surface area contributed by atoms with Crippen molar-refractivity contribution in [2.24, 2.45) is 10.7 Å². The molecule has 146 valence electrons. The van der Waals surface area contributed by atoms with Gasteiger partial charge >= 0.3 is 0 Å². The average molecular weight is 371 g/mol. The Balaban J connectivity index is 1.96. The first kappa shape index (κ1) is 20.5. The first-order valence-electron chi connectivity index (χ1n) is 9.43. The van der Waals surface area contributed by atoms with Crippen LogP contribution in [0.1, 0.15) is 66.9 Å². The fourth-order valence-corrected chi connectivity index (χ4v) is 2.77. The Hall–Kier alpha value is -2.83. The van der Waals surface area contributed by atoms with Crippen LogP contribution in [0, 0.1) is 0 Å². The predicted octanol–water partition coefficient (Wildman–Crippen LogP) is 2.93. The van der Waals surface area contributed by atoms with Gasteiger partial charge in [-0.05, 0) is 37.5 Å². The molecule has 4 N–H and O–H groups in total. The molecule has 27 heavy (non-hydrogen) atoms. The number of hydrogen-bond donors (Lipinski definition) is 3. The van der Waals surface area contributed by atoms with E-state index in [1.54, 1.807) is 12.1 Å². The van der Waals surface area contributed by atoms with Crippen molar-refractivity contribution in [1.29, 1.82) is 0 Å². The lowest BCUT2D eigenvalue weighted by atomic mass is 9.99. The third-order valence-corrected chi connectivity index (χ3v) is 4.41. The van der Waals surface area contributed by atoms with Crippen molar-refractivity contribution in [3.05, 3.63) is 52.9 Å². The van der Waals surface area contributed by atoms with Gasteiger partial charge in [-0.1, -0.05) is 31.1 Å². The highest BCUT2D eigenvalue weighted by molar-refractivity contribution is 5.92. The summed E-state index contributed by atoms with van der Waals surface area (Å²) in [6.07, 6.45) is 2.10. The molecule has 1 amide bonds. The summed E-state index contributed by atoms with van der Waals surface area (Å²) < 4.78 is 5.44. The molecule has 0 unspecified atom stereocenters. The number of hydrogen-bond acceptors (Lipinski definition) is 4. The zero-order valence-electron chi connectivity index (χ0n) is 16.3. The molecule has 0 aliphatic heterocycles. The molecule has 0 atom stereocenters. The predicted molar refractivity (Wildman–Crippen MR) is 106 cm³/mol. The molecule has 0 spiro atoms. The minimum atomic E-state index is -0.431. The highest BCUT2D eigenvalue weighted by Crippen LogP contribution is 2.22. The van der Waals surface area contributed by atoms with Gasteiger partial charge in [0.05, 0.1) is 18.8 Å². The Morgan fingerprint density at radius 1 is 1.19 bits per heavy atom. The molecule has 0 fully saturated rings. The number of amides is 1. The monoisotopic (exact) mass is 371 g/mol. The van der Waals surface area contributed by atoms with Crippen LogP contribution in [-0.2, 0) is 13.1 Å². The molecule has 2 aromatic rings. The largest absolute Gasteiger partial charge is 0.366 e. The van der Waals surface area contributed by atoms with Gasteiger partial charge in [0.2, 0.25) is 5.91 Å². The highest BCUT2D eigenvalue weighted by Gasteiger charge is 2.13. The number of nitrogens with one attached hydrogen (secondary N) is 2. The summed E-state index contributed by atoms with van der Waals surface area (Å²) in [7, 11) is 0. The fourth-order valence-electron chi connectivity index (χ4n) is 2.77. The van der Waals surface area contributed by atoms with Crippen molar-refractivity contribution in [3.63, 3.8) is 0 Å². The summed E-state index contributed by atoms with van der Waals surface area (Å²) in [6, 6.07) is 9.14. The molecule has 7 nitrogen and oxygen atoms in total. The second-order valence-electron chi connectivity index (χ2n) is 6.34. The van der Waals surface area contributed by atoms with Crippen LogP contribution in [-0.4, -0.2) is 23.6 Å². The highest BCUT2D eigenvalue weighted by atomic mass is 16.5. The molecule has 0 saturated carbocycles. The van der Waals surface area contributed by atoms with E-state index in [1.165, 1.54) is 0 Å². The SMILES string of the molecule is CCNC(=NCc1ccc(C(N)=O)cc1)NCc1cc(C(CC)CC)no1. The second-order valence-corrected chi connectivity index (χ2v) is 6.34. The summed E-state index contributed by atoms with van der Waals surface area (Å²) in [5.74, 6) is 1.48. The van der Waals surface area contributed by atoms with Gasteiger partial charge < -0.3 is 20.9 Å². The van der Waals surface area contributed by atoms with Gasteiger partial charge in [0.25, 0.3) is 0 Å². The third kappa shape index (κ3) is 6.13. The molecule has 0 aliphatic carbocycles. The number of rotatable bonds is 9. The minimum absolute atomic E-state index is 0.431. The number of aromatic nitrogens is 1. The standard InChI is InChI=1S/C20H29N5O2/c1-4-15(5-2)18-11-17(27-25-18)13-24-20(22-6-3)23-12-14-7-9-16(10-8-14)19(21)26/h7-11,15H,4-6,12-13H2,1-3H3,(H2,21,26)(H2,22,23,24). The van der Waals surface area contributed by atoms with E-state index >= 15 is 0 Å². The van der Waals surface area contributed by atoms with Crippen molar-refractivity contribution >= 4 is 11.9 Å². The van der Waals surface area contributed by atoms with Gasteiger partial charge in [0, 0.05) is 24.1 Å². The van der Waals surface area contributed by atoms with E-state index < -0.39 is 5.91 Å². The van der Waals surface area contributed by atoms with Crippen molar-refractivity contribution in [3.8, 4) is 0 Å². The molecule has 1 heterocycles. The van der Waals surface area contributed by atoms with Crippen molar-refractivity contribution in [2.75, 3.05) is 6.54 Å². The maximum Gasteiger partial charge on any atom is 0.248 e. The summed E-state index contributed by atoms with van der Waals surface area (Å²) in [5.41, 5.74) is 7.75. The summed E-state index contributed by atoms with van der Waals surface area (Å²) in [6.45, 7) is 8.09. The first-order valence-corrected chi connectivity index (χ1v) is 9.43. The minimum Gasteiger partial charge on any atom is -0.366 e. The Morgan fingerprint density at radius 3 is 2.48 bits per heavy atom. The maximum atomic E-state index is 11.1. The van der Waals surface area contributed by atoms with Crippen molar-refractivity contribution in [1.82, 2.24) is 15.8 Å². The van der Waals surface area contributed by atoms with Crippen LogP contribution in [0.25, 0.3) is 0 Å². The molecule has 7 heteroatoms. The Morgan fingerprint density at radius 2 is 1.89 bits per heavy atom. The van der Waals surface area contributed by atoms with E-state index in [0.717, 1.165) is 36.4 Å². The molecule has 1 aromatic carbocycles. The van der Waals surface area contributed by atoms with E-state index in [0.29, 0.717) is 30.5 Å². The number of carbonyl (C=O) groups is 1. The average Bonchev–Trinajstić information content (AvgIpc) is 3.14. The number of benzene rings is 1. The van der Waals surface area contributed by atoms with Crippen LogP contribution in [0.5, 0.6) is 0 Å². The zero-order valence-corrected chi connectivity index (χ0v) is 16.3. The summed E-state index contributed by atoms with van der Waals surface area (Å²) in [4.78, 5) is 15.7. The lowest BCUT2D eigenvalue weighted by molar-refractivity contribution is 0.100. The van der Waals surface area contributed by atoms with Gasteiger partial charge in [-0.3, -0.25) is 4.79 Å². The fraction of sp³-hybridized carbons (Fsp3) is 0.450. The van der Waals surface area contributed by atoms with Gasteiger partial charge in [-0.25, -0.2) is 4.99 Å². The van der Waals surface area contributed by atoms with Crippen LogP contribution in [0.15, 0.2) is 39.8 Å². The van der Waals surface area contributed by atoms with E-state index in [9.17, 15) is 4.79 Å². The summed E-state index contributed by atoms with van der Waals surface area (Å²) >= 11 is 0. The Labute approximate surface area is 160 Å². The number of guanidine groups is 1. The molecular weight excluding hydrogens is 342 g/mol. The molecule has 0 bridgehead atoms. The molecule has 0 radical (unpaired) electrons. The number of primary amides is 1. The van der Waals surface area contributed by atoms with Crippen LogP contribution in [0.3, 0.4) is 0 Å². The first-order chi connectivity index (χ1) is 13.1. The van der Waals surface area contributed by atoms with Crippen LogP contribution < -0.4 is 16.4 Å². The van der Waals surface area contributed by atoms with Gasteiger partial charge in [0.1, 0.15) is 0 Å². The summed E-state index contributed by atoms with van der Waals surface area (Å²) in [5, 5.41) is 10.6. The van der Waals surface area contributed by atoms with E-state index in [1.807, 2.05) is 25.1 Å². The second kappa shape index (κ2) is 10.4. The number of nitrogens with two attached hydrogens (primary N) is 1. The van der Waals surface area contributed by atoms with E-state index in [2.05, 4.69) is 34.6 Å². The number of nitrogens with zero attached hydrogens (tertiary/aromatic N) is 2. The topological polar surface area (TPSA) is 106 Å². The van der Waals surface area contributed by atoms with Crippen LogP contribution >= 0.6 is 0 Å². The Bertz CT molecular complexity index is 748. The van der Waals surface area contributed by atoms with Crippen LogP contribution in [0.2, 0.25) is 0 Å². The molecule has 0 aliphatic rings. The smallest absolute Gasteiger partial charge is 0.248 e. The normalized spacial score (nSPS) is 11.6. The quantitative estimate of drug-likeness (QED) is 0.464. The maximum absolute atomic E-state index is 11.1.